The summed E-state index contributed by atoms with van der Waals surface area (Å²) in [4.78, 5) is 23.5. The molecule has 0 aliphatic carbocycles. The zero-order valence-corrected chi connectivity index (χ0v) is 12.9. The highest BCUT2D eigenvalue weighted by molar-refractivity contribution is 6.17. The number of fused-ring (bicyclic) bond motifs is 1. The van der Waals surface area contributed by atoms with E-state index in [4.69, 9.17) is 11.6 Å². The molecule has 0 saturated heterocycles. The van der Waals surface area contributed by atoms with E-state index in [-0.39, 0.29) is 11.6 Å². The molecular formula is C15H20ClN3O2. The van der Waals surface area contributed by atoms with Crippen molar-refractivity contribution in [3.8, 4) is 0 Å². The van der Waals surface area contributed by atoms with Gasteiger partial charge in [-0.1, -0.05) is 12.1 Å². The molecule has 1 heterocycles. The number of nitrogens with zero attached hydrogens (tertiary/aromatic N) is 2. The van der Waals surface area contributed by atoms with E-state index in [1.165, 1.54) is 6.92 Å². The maximum atomic E-state index is 12.5. The van der Waals surface area contributed by atoms with Crippen LogP contribution in [0.3, 0.4) is 0 Å². The van der Waals surface area contributed by atoms with E-state index >= 15 is 0 Å². The summed E-state index contributed by atoms with van der Waals surface area (Å²) in [5.41, 5.74) is 1.80. The maximum absolute atomic E-state index is 12.5. The molecule has 114 valence electrons. The van der Waals surface area contributed by atoms with Crippen molar-refractivity contribution in [3.63, 3.8) is 0 Å². The summed E-state index contributed by atoms with van der Waals surface area (Å²) >= 11 is 5.70. The summed E-state index contributed by atoms with van der Waals surface area (Å²) in [6.07, 6.45) is 1.77. The lowest BCUT2D eigenvalue weighted by Crippen LogP contribution is -2.30. The number of hydrogen-bond donors (Lipinski definition) is 1. The molecule has 0 aliphatic rings. The molecule has 6 heteroatoms. The van der Waals surface area contributed by atoms with Gasteiger partial charge >= 0.3 is 5.69 Å². The molecule has 1 aromatic carbocycles. The Bertz CT molecular complexity index is 675. The van der Waals surface area contributed by atoms with Gasteiger partial charge in [0, 0.05) is 32.4 Å². The minimum atomic E-state index is -0.0890. The quantitative estimate of drug-likeness (QED) is 0.628. The molecule has 2 aromatic rings. The number of imidazole rings is 1. The van der Waals surface area contributed by atoms with Crippen molar-refractivity contribution in [3.05, 3.63) is 34.7 Å². The molecule has 1 aromatic heterocycles. The normalized spacial score (nSPS) is 11.0. The second-order valence-electron chi connectivity index (χ2n) is 4.95. The lowest BCUT2D eigenvalue weighted by atomic mass is 10.3. The van der Waals surface area contributed by atoms with Gasteiger partial charge in [0.25, 0.3) is 0 Å². The van der Waals surface area contributed by atoms with E-state index in [2.05, 4.69) is 5.32 Å². The van der Waals surface area contributed by atoms with Gasteiger partial charge in [-0.3, -0.25) is 13.9 Å². The van der Waals surface area contributed by atoms with E-state index < -0.39 is 0 Å². The molecule has 0 aliphatic heterocycles. The summed E-state index contributed by atoms with van der Waals surface area (Å²) in [5, 5.41) is 2.72. The molecule has 0 bridgehead atoms. The third kappa shape index (κ3) is 3.67. The van der Waals surface area contributed by atoms with E-state index in [9.17, 15) is 9.59 Å². The van der Waals surface area contributed by atoms with Gasteiger partial charge in [-0.15, -0.1) is 11.6 Å². The fourth-order valence-electron chi connectivity index (χ4n) is 2.41. The number of alkyl halides is 1. The van der Waals surface area contributed by atoms with Gasteiger partial charge in [0.1, 0.15) is 0 Å². The molecule has 1 amide bonds. The molecule has 1 N–H and O–H groups in total. The largest absolute Gasteiger partial charge is 0.355 e. The zero-order valence-electron chi connectivity index (χ0n) is 12.1. The third-order valence-electron chi connectivity index (χ3n) is 3.40. The van der Waals surface area contributed by atoms with Gasteiger partial charge < -0.3 is 5.32 Å². The number of halogens is 1. The minimum Gasteiger partial charge on any atom is -0.355 e. The number of aryl methyl sites for hydroxylation is 1. The monoisotopic (exact) mass is 309 g/mol. The van der Waals surface area contributed by atoms with E-state index in [1.54, 1.807) is 9.13 Å². The standard InChI is InChI=1S/C15H20ClN3O2/c1-12(20)17-9-11-19-14-7-3-2-6-13(14)18(15(19)21)10-5-4-8-16/h2-3,6-7H,4-5,8-11H2,1H3,(H,17,20). The first-order chi connectivity index (χ1) is 10.1. The average Bonchev–Trinajstić information content (AvgIpc) is 2.73. The van der Waals surface area contributed by atoms with Gasteiger partial charge in [-0.2, -0.15) is 0 Å². The van der Waals surface area contributed by atoms with Crippen molar-refractivity contribution in [2.24, 2.45) is 0 Å². The van der Waals surface area contributed by atoms with Gasteiger partial charge in [-0.25, -0.2) is 4.79 Å². The number of hydrogen-bond acceptors (Lipinski definition) is 2. The van der Waals surface area contributed by atoms with Crippen molar-refractivity contribution >= 4 is 28.5 Å². The third-order valence-corrected chi connectivity index (χ3v) is 3.67. The fourth-order valence-corrected chi connectivity index (χ4v) is 2.60. The maximum Gasteiger partial charge on any atom is 0.329 e. The Morgan fingerprint density at radius 2 is 1.76 bits per heavy atom. The van der Waals surface area contributed by atoms with Crippen molar-refractivity contribution in [1.82, 2.24) is 14.5 Å². The number of amides is 1. The molecule has 0 spiro atoms. The molecule has 0 unspecified atom stereocenters. The predicted octanol–water partition coefficient (Wildman–Crippen LogP) is 1.96. The van der Waals surface area contributed by atoms with E-state index in [0.29, 0.717) is 25.5 Å². The Morgan fingerprint density at radius 3 is 2.33 bits per heavy atom. The molecule has 0 radical (unpaired) electrons. The average molecular weight is 310 g/mol. The van der Waals surface area contributed by atoms with Gasteiger partial charge in [0.2, 0.25) is 5.91 Å². The highest BCUT2D eigenvalue weighted by Gasteiger charge is 2.12. The van der Waals surface area contributed by atoms with Crippen molar-refractivity contribution in [2.45, 2.75) is 32.9 Å². The predicted molar refractivity (Wildman–Crippen MR) is 84.8 cm³/mol. The first-order valence-corrected chi connectivity index (χ1v) is 7.67. The lowest BCUT2D eigenvalue weighted by Gasteiger charge is -2.03. The SMILES string of the molecule is CC(=O)NCCn1c(=O)n(CCCCCl)c2ccccc21. The van der Waals surface area contributed by atoms with Crippen LogP contribution in [0.4, 0.5) is 0 Å². The van der Waals surface area contributed by atoms with Crippen LogP contribution in [-0.2, 0) is 17.9 Å². The minimum absolute atomic E-state index is 0.0314. The summed E-state index contributed by atoms with van der Waals surface area (Å²) in [6.45, 7) is 3.06. The van der Waals surface area contributed by atoms with Gasteiger partial charge in [0.05, 0.1) is 11.0 Å². The number of para-hydroxylation sites is 2. The molecular weight excluding hydrogens is 290 g/mol. The van der Waals surface area contributed by atoms with Crippen LogP contribution in [0.2, 0.25) is 0 Å². The Hall–Kier alpha value is -1.75. The highest BCUT2D eigenvalue weighted by Crippen LogP contribution is 2.13. The Morgan fingerprint density at radius 1 is 1.14 bits per heavy atom. The molecule has 0 atom stereocenters. The fraction of sp³-hybridized carbons (Fsp3) is 0.467. The van der Waals surface area contributed by atoms with Crippen molar-refractivity contribution in [2.75, 3.05) is 12.4 Å². The molecule has 2 rings (SSSR count). The molecule has 5 nitrogen and oxygen atoms in total. The molecule has 0 saturated carbocycles. The Balaban J connectivity index is 2.29. The van der Waals surface area contributed by atoms with E-state index in [1.807, 2.05) is 24.3 Å². The summed E-state index contributed by atoms with van der Waals surface area (Å²) < 4.78 is 3.50. The lowest BCUT2D eigenvalue weighted by molar-refractivity contribution is -0.118. The highest BCUT2D eigenvalue weighted by atomic mass is 35.5. The van der Waals surface area contributed by atoms with Crippen molar-refractivity contribution in [1.29, 1.82) is 0 Å². The second kappa shape index (κ2) is 7.31. The van der Waals surface area contributed by atoms with Crippen LogP contribution in [0.25, 0.3) is 11.0 Å². The van der Waals surface area contributed by atoms with Crippen LogP contribution < -0.4 is 11.0 Å². The van der Waals surface area contributed by atoms with Crippen LogP contribution in [0.1, 0.15) is 19.8 Å². The van der Waals surface area contributed by atoms with Crippen LogP contribution in [0, 0.1) is 0 Å². The first-order valence-electron chi connectivity index (χ1n) is 7.13. The number of unbranched alkanes of at least 4 members (excludes halogenated alkanes) is 1. The van der Waals surface area contributed by atoms with E-state index in [0.717, 1.165) is 23.9 Å². The smallest absolute Gasteiger partial charge is 0.329 e. The van der Waals surface area contributed by atoms with Crippen LogP contribution in [-0.4, -0.2) is 27.5 Å². The number of carbonyl (C=O) groups excluding carboxylic acids is 1. The summed E-state index contributed by atoms with van der Waals surface area (Å²) in [6, 6.07) is 7.73. The number of carbonyl (C=O) groups is 1. The summed E-state index contributed by atoms with van der Waals surface area (Å²) in [5.74, 6) is 0.518. The Kier molecular flexibility index (Phi) is 5.44. The number of benzene rings is 1. The molecule has 0 fully saturated rings. The second-order valence-corrected chi connectivity index (χ2v) is 5.33. The van der Waals surface area contributed by atoms with Crippen LogP contribution in [0.5, 0.6) is 0 Å². The van der Waals surface area contributed by atoms with Crippen molar-refractivity contribution < 1.29 is 4.79 Å². The first kappa shape index (κ1) is 15.6. The number of nitrogens with one attached hydrogen (secondary N) is 1. The van der Waals surface area contributed by atoms with Gasteiger partial charge in [-0.05, 0) is 25.0 Å². The van der Waals surface area contributed by atoms with Gasteiger partial charge in [0.15, 0.2) is 0 Å². The number of aromatic nitrogens is 2. The number of rotatable bonds is 7. The zero-order chi connectivity index (χ0) is 15.2. The van der Waals surface area contributed by atoms with Crippen LogP contribution >= 0.6 is 11.6 Å². The topological polar surface area (TPSA) is 56.0 Å². The van der Waals surface area contributed by atoms with Crippen LogP contribution in [0.15, 0.2) is 29.1 Å². The summed E-state index contributed by atoms with van der Waals surface area (Å²) in [7, 11) is 0. The Labute approximate surface area is 128 Å². The molecule has 21 heavy (non-hydrogen) atoms.